The Morgan fingerprint density at radius 2 is 1.00 bits per heavy atom. The Morgan fingerprint density at radius 1 is 0.597 bits per heavy atom. The maximum Gasteiger partial charge on any atom is 0.382 e. The molecular weight excluding hydrogens is 857 g/mol. The van der Waals surface area contributed by atoms with Crippen LogP contribution in [0.3, 0.4) is 0 Å². The van der Waals surface area contributed by atoms with Crippen LogP contribution in [0.15, 0.2) is 96.6 Å². The van der Waals surface area contributed by atoms with Crippen LogP contribution in [-0.2, 0) is 14.4 Å². The molecule has 2 aliphatic heterocycles. The third-order valence-corrected chi connectivity index (χ3v) is 11.6. The average molecular weight is 903 g/mol. The van der Waals surface area contributed by atoms with Crippen molar-refractivity contribution in [2.45, 2.75) is 25.7 Å². The fraction of sp³-hybridized carbons (Fsp3) is 0.235. The van der Waals surface area contributed by atoms with Gasteiger partial charge in [0.25, 0.3) is 23.4 Å². The highest BCUT2D eigenvalue weighted by Gasteiger charge is 2.32. The molecule has 4 aromatic heterocycles. The van der Waals surface area contributed by atoms with E-state index in [9.17, 15) is 24.0 Å². The Morgan fingerprint density at radius 3 is 1.37 bits per heavy atom. The van der Waals surface area contributed by atoms with E-state index in [1.807, 2.05) is 60.7 Å². The molecule has 0 aliphatic carbocycles. The van der Waals surface area contributed by atoms with Gasteiger partial charge in [0.2, 0.25) is 11.8 Å². The van der Waals surface area contributed by atoms with E-state index in [4.69, 9.17) is 30.5 Å². The number of hydrogen-bond acceptors (Lipinski definition) is 11. The lowest BCUT2D eigenvalue weighted by molar-refractivity contribution is -0.130. The quantitative estimate of drug-likeness (QED) is 0.0776. The van der Waals surface area contributed by atoms with Crippen molar-refractivity contribution in [2.75, 3.05) is 54.6 Å². The molecule has 2 aromatic carbocycles. The molecule has 2 fully saturated rings. The number of carboxylic acids is 1. The number of fused-ring (bicyclic) bond motifs is 2. The zero-order chi connectivity index (χ0) is 47.6. The number of pyridine rings is 2. The molecule has 3 N–H and O–H groups in total. The normalized spacial score (nSPS) is 13.3. The molecule has 6 heterocycles. The monoisotopic (exact) mass is 902 g/mol. The molecule has 0 spiro atoms. The van der Waals surface area contributed by atoms with Crippen LogP contribution in [0, 0.1) is 24.2 Å². The van der Waals surface area contributed by atoms with Gasteiger partial charge in [0, 0.05) is 55.6 Å². The van der Waals surface area contributed by atoms with E-state index in [-0.39, 0.29) is 17.0 Å². The number of amides is 2. The van der Waals surface area contributed by atoms with Gasteiger partial charge in [-0.05, 0) is 36.8 Å². The van der Waals surface area contributed by atoms with Gasteiger partial charge in [-0.2, -0.15) is 0 Å². The number of allylic oxidation sites excluding steroid dienone is 2. The van der Waals surface area contributed by atoms with Gasteiger partial charge in [0.15, 0.2) is 0 Å². The van der Waals surface area contributed by atoms with Crippen LogP contribution < -0.4 is 18.9 Å². The summed E-state index contributed by atoms with van der Waals surface area (Å²) < 4.78 is 21.2. The van der Waals surface area contributed by atoms with Crippen LogP contribution in [0.1, 0.15) is 57.5 Å². The number of ketones is 2. The fourth-order valence-electron chi connectivity index (χ4n) is 8.22. The number of aromatic amines is 2. The van der Waals surface area contributed by atoms with Crippen LogP contribution in [0.2, 0.25) is 0 Å². The Kier molecular flexibility index (Phi) is 14.5. The van der Waals surface area contributed by atoms with Crippen LogP contribution in [0.5, 0.6) is 23.3 Å². The van der Waals surface area contributed by atoms with Crippen molar-refractivity contribution in [3.05, 3.63) is 119 Å². The smallest absolute Gasteiger partial charge is 0.382 e. The van der Waals surface area contributed by atoms with E-state index in [1.165, 1.54) is 58.1 Å². The maximum absolute atomic E-state index is 13.2. The van der Waals surface area contributed by atoms with Gasteiger partial charge in [0.1, 0.15) is 22.5 Å². The van der Waals surface area contributed by atoms with Gasteiger partial charge in [-0.25, -0.2) is 14.8 Å². The topological polar surface area (TPSA) is 206 Å². The maximum atomic E-state index is 13.2. The van der Waals surface area contributed by atoms with Crippen molar-refractivity contribution >= 4 is 62.3 Å². The number of ether oxygens (including phenoxy) is 4. The summed E-state index contributed by atoms with van der Waals surface area (Å²) >= 11 is 0. The molecule has 340 valence electrons. The summed E-state index contributed by atoms with van der Waals surface area (Å²) in [6.07, 6.45) is 13.9. The second-order valence-electron chi connectivity index (χ2n) is 15.2. The van der Waals surface area contributed by atoms with Crippen LogP contribution in [0.4, 0.5) is 0 Å². The van der Waals surface area contributed by atoms with Crippen molar-refractivity contribution in [1.82, 2.24) is 29.7 Å². The number of nitrogens with one attached hydrogen (secondary N) is 2. The summed E-state index contributed by atoms with van der Waals surface area (Å²) in [5.41, 5.74) is 6.79. The van der Waals surface area contributed by atoms with Crippen molar-refractivity contribution in [2.24, 2.45) is 0 Å². The SMILES string of the molecule is C#CC(=C1CCN(C(=O)C(=O)c2c[nH]c3c(OC)ncc(OC)c23)CC1)c1ccccc1.COc1ncc(OC)c2c(C(=O)C(=O)N3CCC(=C(C#CC(=O)O)c4ccccc4)CC3)c[nH]c12. The van der Waals surface area contributed by atoms with E-state index in [0.29, 0.717) is 96.6 Å². The van der Waals surface area contributed by atoms with Gasteiger partial charge in [0.05, 0.1) is 62.7 Å². The van der Waals surface area contributed by atoms with Gasteiger partial charge < -0.3 is 43.8 Å². The molecule has 0 unspecified atom stereocenters. The largest absolute Gasteiger partial charge is 0.494 e. The first kappa shape index (κ1) is 46.4. The molecular formula is C51H46N6O10. The average Bonchev–Trinajstić information content (AvgIpc) is 4.03. The molecule has 8 rings (SSSR count). The Balaban J connectivity index is 0.000000200. The lowest BCUT2D eigenvalue weighted by Crippen LogP contribution is -2.40. The van der Waals surface area contributed by atoms with Gasteiger partial charge >= 0.3 is 5.97 Å². The highest BCUT2D eigenvalue weighted by atomic mass is 16.5. The number of aliphatic carboxylic acids is 1. The number of aromatic nitrogens is 4. The van der Waals surface area contributed by atoms with E-state index in [0.717, 1.165) is 27.8 Å². The number of methoxy groups -OCH3 is 4. The molecule has 2 amide bonds. The van der Waals surface area contributed by atoms with Crippen molar-refractivity contribution in [3.8, 4) is 47.4 Å². The molecule has 2 aliphatic rings. The Labute approximate surface area is 385 Å². The van der Waals surface area contributed by atoms with Crippen molar-refractivity contribution in [1.29, 1.82) is 0 Å². The summed E-state index contributed by atoms with van der Waals surface area (Å²) in [5, 5.41) is 9.93. The second kappa shape index (κ2) is 20.9. The summed E-state index contributed by atoms with van der Waals surface area (Å²) in [7, 11) is 5.90. The lowest BCUT2D eigenvalue weighted by Gasteiger charge is -2.28. The summed E-state index contributed by atoms with van der Waals surface area (Å²) in [6, 6.07) is 19.1. The first-order chi connectivity index (χ1) is 32.5. The molecule has 67 heavy (non-hydrogen) atoms. The molecule has 16 nitrogen and oxygen atoms in total. The second-order valence-corrected chi connectivity index (χ2v) is 15.2. The molecule has 16 heteroatoms. The first-order valence-corrected chi connectivity index (χ1v) is 21.1. The Bertz CT molecular complexity index is 3040. The van der Waals surface area contributed by atoms with Crippen LogP contribution in [0.25, 0.3) is 33.0 Å². The van der Waals surface area contributed by atoms with Gasteiger partial charge in [-0.3, -0.25) is 19.2 Å². The molecule has 0 saturated carbocycles. The van der Waals surface area contributed by atoms with Crippen LogP contribution >= 0.6 is 0 Å². The molecule has 0 atom stereocenters. The molecule has 0 radical (unpaired) electrons. The number of likely N-dealkylation sites (tertiary alicyclic amines) is 2. The zero-order valence-corrected chi connectivity index (χ0v) is 37.2. The standard InChI is InChI=1S/C26H23N3O6.C25H23N3O4/c1-34-20-15-28-25(35-2)23-22(20)19(14-27-23)24(32)26(33)29-12-10-17(11-13-29)18(8-9-21(30)31)16-6-4-3-5-7-16;1-4-18(16-8-6-5-7-9-16)17-10-12-28(13-11-17)25(30)23(29)19-14-26-22-21(19)20(31-2)15-27-24(22)32-3/h3-7,14-15,27H,10-13H2,1-2H3,(H,30,31);1,5-9,14-15,26H,10-13H2,2-3H3. The third-order valence-electron chi connectivity index (χ3n) is 11.6. The molecule has 6 aromatic rings. The third kappa shape index (κ3) is 9.74. The van der Waals surface area contributed by atoms with Crippen LogP contribution in [-0.4, -0.2) is 119 Å². The van der Waals surface area contributed by atoms with Crippen molar-refractivity contribution in [3.63, 3.8) is 0 Å². The number of benzene rings is 2. The number of nitrogens with zero attached hydrogens (tertiary/aromatic N) is 4. The highest BCUT2D eigenvalue weighted by Crippen LogP contribution is 2.36. The fourth-order valence-corrected chi connectivity index (χ4v) is 8.22. The first-order valence-electron chi connectivity index (χ1n) is 21.1. The molecule has 0 bridgehead atoms. The predicted octanol–water partition coefficient (Wildman–Crippen LogP) is 6.40. The van der Waals surface area contributed by atoms with Gasteiger partial charge in [-0.1, -0.05) is 83.7 Å². The summed E-state index contributed by atoms with van der Waals surface area (Å²) in [6.45, 7) is 1.50. The Hall–Kier alpha value is -8.63. The number of piperidine rings is 2. The minimum atomic E-state index is -1.21. The van der Waals surface area contributed by atoms with E-state index >= 15 is 0 Å². The highest BCUT2D eigenvalue weighted by molar-refractivity contribution is 6.46. The summed E-state index contributed by atoms with van der Waals surface area (Å²) in [5.74, 6) is 5.45. The number of H-pyrrole nitrogens is 2. The predicted molar refractivity (Wildman–Crippen MR) is 250 cm³/mol. The minimum Gasteiger partial charge on any atom is -0.494 e. The van der Waals surface area contributed by atoms with E-state index in [1.54, 1.807) is 4.90 Å². The van der Waals surface area contributed by atoms with E-state index < -0.39 is 29.4 Å². The number of terminal acetylenes is 1. The minimum absolute atomic E-state index is 0.182. The van der Waals surface area contributed by atoms with Crippen molar-refractivity contribution < 1.29 is 48.0 Å². The van der Waals surface area contributed by atoms with E-state index in [2.05, 4.69) is 37.7 Å². The number of hydrogen-bond donors (Lipinski definition) is 3. The number of carbonyl (C=O) groups is 5. The number of rotatable bonds is 10. The molecule has 2 saturated heterocycles. The summed E-state index contributed by atoms with van der Waals surface area (Å²) in [4.78, 5) is 80.7. The van der Waals surface area contributed by atoms with Gasteiger partial charge in [-0.15, -0.1) is 6.42 Å². The number of Topliss-reactive ketones (excluding diaryl/α,β-unsaturated/α-hetero) is 2. The number of carbonyl (C=O) groups excluding carboxylic acids is 4. The lowest BCUT2D eigenvalue weighted by atomic mass is 9.93. The number of carboxylic acid groups (broad SMARTS) is 1. The zero-order valence-electron chi connectivity index (χ0n) is 37.2.